The van der Waals surface area contributed by atoms with Crippen LogP contribution in [-0.2, 0) is 16.1 Å². The number of rotatable bonds is 6. The molecule has 1 saturated heterocycles. The third-order valence-corrected chi connectivity index (χ3v) is 5.88. The standard InChI is InChI=1S/C27H23ClFNO5/c1-15(2)35-20-5-3-4-18(12-20)25(32)23-24(17-8-11-22(31)21(28)13-17)30(27(34)26(23)33)14-16-6-9-19(29)10-7-16/h3-13,15,24,31-32H,14H2,1-2H3/b25-23-. The van der Waals surface area contributed by atoms with E-state index in [9.17, 15) is 24.2 Å². The monoisotopic (exact) mass is 495 g/mol. The van der Waals surface area contributed by atoms with Gasteiger partial charge in [0.2, 0.25) is 0 Å². The molecule has 0 aromatic heterocycles. The SMILES string of the molecule is CC(C)Oc1cccc(/C(O)=C2/C(=O)C(=O)N(Cc3ccc(F)cc3)C2c2ccc(O)c(Cl)c2)c1. The van der Waals surface area contributed by atoms with E-state index in [1.54, 1.807) is 24.3 Å². The molecule has 1 heterocycles. The molecule has 0 spiro atoms. The lowest BCUT2D eigenvalue weighted by Gasteiger charge is -2.25. The lowest BCUT2D eigenvalue weighted by Crippen LogP contribution is -2.29. The lowest BCUT2D eigenvalue weighted by atomic mass is 9.95. The molecule has 1 aliphatic heterocycles. The molecule has 180 valence electrons. The predicted octanol–water partition coefficient (Wildman–Crippen LogP) is 5.59. The molecular weight excluding hydrogens is 473 g/mol. The van der Waals surface area contributed by atoms with Gasteiger partial charge in [0.1, 0.15) is 23.1 Å². The number of aliphatic hydroxyl groups excluding tert-OH is 1. The van der Waals surface area contributed by atoms with Crippen LogP contribution in [0.15, 0.2) is 72.3 Å². The molecule has 1 fully saturated rings. The van der Waals surface area contributed by atoms with Gasteiger partial charge in [0.15, 0.2) is 0 Å². The summed E-state index contributed by atoms with van der Waals surface area (Å²) in [5.74, 6) is -2.15. The number of carbonyl (C=O) groups excluding carboxylic acids is 2. The molecule has 1 unspecified atom stereocenters. The fraction of sp³-hybridized carbons (Fsp3) is 0.185. The summed E-state index contributed by atoms with van der Waals surface area (Å²) >= 11 is 6.13. The molecule has 1 aliphatic rings. The molecule has 1 atom stereocenters. The molecule has 1 amide bonds. The molecule has 0 saturated carbocycles. The van der Waals surface area contributed by atoms with Gasteiger partial charge in [-0.05, 0) is 61.4 Å². The summed E-state index contributed by atoms with van der Waals surface area (Å²) in [7, 11) is 0. The number of nitrogens with zero attached hydrogens (tertiary/aromatic N) is 1. The highest BCUT2D eigenvalue weighted by molar-refractivity contribution is 6.46. The zero-order valence-electron chi connectivity index (χ0n) is 19.0. The maximum absolute atomic E-state index is 13.4. The number of aromatic hydroxyl groups is 1. The summed E-state index contributed by atoms with van der Waals surface area (Å²) in [6.07, 6.45) is -0.104. The van der Waals surface area contributed by atoms with Gasteiger partial charge in [-0.25, -0.2) is 4.39 Å². The summed E-state index contributed by atoms with van der Waals surface area (Å²) in [5.41, 5.74) is 1.19. The van der Waals surface area contributed by atoms with E-state index in [2.05, 4.69) is 0 Å². The number of aliphatic hydroxyl groups is 1. The molecule has 0 radical (unpaired) electrons. The van der Waals surface area contributed by atoms with Crippen molar-refractivity contribution in [1.29, 1.82) is 0 Å². The minimum atomic E-state index is -0.993. The summed E-state index contributed by atoms with van der Waals surface area (Å²) in [4.78, 5) is 27.6. The molecule has 0 aliphatic carbocycles. The van der Waals surface area contributed by atoms with Crippen LogP contribution in [0.1, 0.15) is 36.6 Å². The first-order chi connectivity index (χ1) is 16.7. The summed E-state index contributed by atoms with van der Waals surface area (Å²) in [6, 6.07) is 15.5. The highest BCUT2D eigenvalue weighted by Crippen LogP contribution is 2.42. The maximum Gasteiger partial charge on any atom is 0.295 e. The topological polar surface area (TPSA) is 87.1 Å². The highest BCUT2D eigenvalue weighted by Gasteiger charge is 2.46. The van der Waals surface area contributed by atoms with Crippen molar-refractivity contribution in [1.82, 2.24) is 4.90 Å². The van der Waals surface area contributed by atoms with E-state index in [1.165, 1.54) is 47.4 Å². The van der Waals surface area contributed by atoms with Crippen LogP contribution < -0.4 is 4.74 Å². The zero-order valence-corrected chi connectivity index (χ0v) is 19.8. The van der Waals surface area contributed by atoms with E-state index in [1.807, 2.05) is 13.8 Å². The minimum absolute atomic E-state index is 0.0126. The van der Waals surface area contributed by atoms with Gasteiger partial charge in [0, 0.05) is 12.1 Å². The lowest BCUT2D eigenvalue weighted by molar-refractivity contribution is -0.140. The number of phenols is 1. The van der Waals surface area contributed by atoms with Crippen LogP contribution in [-0.4, -0.2) is 32.9 Å². The maximum atomic E-state index is 13.4. The summed E-state index contributed by atoms with van der Waals surface area (Å²) in [5, 5.41) is 21.1. The van der Waals surface area contributed by atoms with Gasteiger partial charge in [0.25, 0.3) is 11.7 Å². The van der Waals surface area contributed by atoms with Crippen LogP contribution in [0.5, 0.6) is 11.5 Å². The van der Waals surface area contributed by atoms with Crippen molar-refractivity contribution in [3.63, 3.8) is 0 Å². The number of carbonyl (C=O) groups is 2. The predicted molar refractivity (Wildman–Crippen MR) is 130 cm³/mol. The van der Waals surface area contributed by atoms with Crippen molar-refractivity contribution in [2.75, 3.05) is 0 Å². The van der Waals surface area contributed by atoms with Gasteiger partial charge >= 0.3 is 0 Å². The van der Waals surface area contributed by atoms with E-state index in [-0.39, 0.29) is 34.8 Å². The van der Waals surface area contributed by atoms with Crippen molar-refractivity contribution >= 4 is 29.1 Å². The molecule has 6 nitrogen and oxygen atoms in total. The molecule has 3 aromatic rings. The molecule has 35 heavy (non-hydrogen) atoms. The number of Topliss-reactive ketones (excluding diaryl/α,β-unsaturated/α-hetero) is 1. The van der Waals surface area contributed by atoms with Gasteiger partial charge in [-0.1, -0.05) is 41.9 Å². The van der Waals surface area contributed by atoms with Crippen molar-refractivity contribution in [2.45, 2.75) is 32.5 Å². The Kier molecular flexibility index (Phi) is 6.80. The van der Waals surface area contributed by atoms with Gasteiger partial charge in [-0.15, -0.1) is 0 Å². The van der Waals surface area contributed by atoms with E-state index < -0.39 is 23.5 Å². The largest absolute Gasteiger partial charge is 0.507 e. The summed E-state index contributed by atoms with van der Waals surface area (Å²) < 4.78 is 19.1. The third-order valence-electron chi connectivity index (χ3n) is 5.57. The van der Waals surface area contributed by atoms with Crippen LogP contribution in [0.2, 0.25) is 5.02 Å². The number of likely N-dealkylation sites (tertiary alicyclic amines) is 1. The van der Waals surface area contributed by atoms with Gasteiger partial charge in [-0.3, -0.25) is 9.59 Å². The van der Waals surface area contributed by atoms with Crippen LogP contribution in [0, 0.1) is 5.82 Å². The average molecular weight is 496 g/mol. The molecule has 2 N–H and O–H groups in total. The fourth-order valence-electron chi connectivity index (χ4n) is 4.01. The Hall–Kier alpha value is -3.84. The number of benzene rings is 3. The smallest absolute Gasteiger partial charge is 0.295 e. The zero-order chi connectivity index (χ0) is 25.3. The Morgan fingerprint density at radius 3 is 2.46 bits per heavy atom. The highest BCUT2D eigenvalue weighted by atomic mass is 35.5. The molecule has 3 aromatic carbocycles. The Bertz CT molecular complexity index is 1320. The van der Waals surface area contributed by atoms with Crippen LogP contribution >= 0.6 is 11.6 Å². The van der Waals surface area contributed by atoms with Gasteiger partial charge in [-0.2, -0.15) is 0 Å². The van der Waals surface area contributed by atoms with Gasteiger partial charge < -0.3 is 19.8 Å². The first-order valence-electron chi connectivity index (χ1n) is 10.9. The van der Waals surface area contributed by atoms with Crippen molar-refractivity contribution in [3.8, 4) is 11.5 Å². The summed E-state index contributed by atoms with van der Waals surface area (Å²) in [6.45, 7) is 3.71. The minimum Gasteiger partial charge on any atom is -0.507 e. The van der Waals surface area contributed by atoms with Crippen molar-refractivity contribution in [2.24, 2.45) is 0 Å². The number of phenolic OH excluding ortho intramolecular Hbond substituents is 1. The van der Waals surface area contributed by atoms with E-state index in [4.69, 9.17) is 16.3 Å². The quantitative estimate of drug-likeness (QED) is 0.264. The number of ketones is 1. The Morgan fingerprint density at radius 1 is 1.09 bits per heavy atom. The number of hydrogen-bond acceptors (Lipinski definition) is 5. The molecule has 4 rings (SSSR count). The molecule has 0 bridgehead atoms. The molecule has 8 heteroatoms. The van der Waals surface area contributed by atoms with E-state index in [0.717, 1.165) is 0 Å². The number of ether oxygens (including phenoxy) is 1. The second-order valence-electron chi connectivity index (χ2n) is 8.46. The fourth-order valence-corrected chi connectivity index (χ4v) is 4.20. The van der Waals surface area contributed by atoms with Crippen LogP contribution in [0.4, 0.5) is 4.39 Å². The average Bonchev–Trinajstić information content (AvgIpc) is 3.06. The first-order valence-corrected chi connectivity index (χ1v) is 11.3. The second-order valence-corrected chi connectivity index (χ2v) is 8.87. The van der Waals surface area contributed by atoms with Crippen LogP contribution in [0.25, 0.3) is 5.76 Å². The normalized spacial score (nSPS) is 17.3. The first kappa shape index (κ1) is 24.3. The van der Waals surface area contributed by atoms with Gasteiger partial charge in [0.05, 0.1) is 22.7 Å². The van der Waals surface area contributed by atoms with Crippen LogP contribution in [0.3, 0.4) is 0 Å². The van der Waals surface area contributed by atoms with E-state index in [0.29, 0.717) is 22.4 Å². The van der Waals surface area contributed by atoms with Crippen molar-refractivity contribution < 1.29 is 28.9 Å². The molecular formula is C27H23ClFNO5. The number of hydrogen-bond donors (Lipinski definition) is 2. The van der Waals surface area contributed by atoms with E-state index >= 15 is 0 Å². The third kappa shape index (κ3) is 5.00. The Labute approximate surface area is 206 Å². The second kappa shape index (κ2) is 9.80. The Morgan fingerprint density at radius 2 is 1.80 bits per heavy atom. The Balaban J connectivity index is 1.85. The number of amides is 1. The van der Waals surface area contributed by atoms with Crippen molar-refractivity contribution in [3.05, 3.63) is 99.8 Å². The number of halogens is 2.